The summed E-state index contributed by atoms with van der Waals surface area (Å²) in [5.74, 6) is 1.66. The van der Waals surface area contributed by atoms with Crippen LogP contribution in [0.5, 0.6) is 5.75 Å². The van der Waals surface area contributed by atoms with E-state index >= 15 is 0 Å². The molecule has 1 saturated heterocycles. The summed E-state index contributed by atoms with van der Waals surface area (Å²) in [7, 11) is 1.73. The Morgan fingerprint density at radius 2 is 2.05 bits per heavy atom. The maximum absolute atomic E-state index is 5.60. The summed E-state index contributed by atoms with van der Waals surface area (Å²) in [6.07, 6.45) is 5.22. The molecular weight excluding hydrogens is 250 g/mol. The monoisotopic (exact) mass is 275 g/mol. The third kappa shape index (κ3) is 3.15. The van der Waals surface area contributed by atoms with Gasteiger partial charge in [-0.1, -0.05) is 12.1 Å². The molecule has 110 valence electrons. The molecule has 0 bridgehead atoms. The van der Waals surface area contributed by atoms with Crippen molar-refractivity contribution in [3.63, 3.8) is 0 Å². The Morgan fingerprint density at radius 3 is 2.80 bits per heavy atom. The lowest BCUT2D eigenvalue weighted by Crippen LogP contribution is -2.48. The number of ether oxygens (including phenoxy) is 2. The first kappa shape index (κ1) is 13.9. The molecule has 1 aromatic carbocycles. The van der Waals surface area contributed by atoms with Gasteiger partial charge in [0.1, 0.15) is 5.75 Å². The lowest BCUT2D eigenvalue weighted by Gasteiger charge is -2.40. The fraction of sp³-hybridized carbons (Fsp3) is 0.647. The van der Waals surface area contributed by atoms with Crippen molar-refractivity contribution in [2.45, 2.75) is 56.7 Å². The van der Waals surface area contributed by atoms with Crippen LogP contribution in [0.1, 0.15) is 44.1 Å². The molecule has 3 nitrogen and oxygen atoms in total. The van der Waals surface area contributed by atoms with Gasteiger partial charge in [-0.3, -0.25) is 0 Å². The first-order chi connectivity index (χ1) is 9.74. The molecule has 0 aromatic heterocycles. The van der Waals surface area contributed by atoms with Crippen molar-refractivity contribution >= 4 is 0 Å². The molecule has 20 heavy (non-hydrogen) atoms. The minimum absolute atomic E-state index is 0.413. The molecule has 2 atom stereocenters. The quantitative estimate of drug-likeness (QED) is 0.916. The van der Waals surface area contributed by atoms with Gasteiger partial charge in [0, 0.05) is 18.7 Å². The highest BCUT2D eigenvalue weighted by Crippen LogP contribution is 2.38. The standard InChI is InChI=1S/C17H25NO2/c1-12-8-15(6-7-20-12)18-16-9-14(10-16)13-4-3-5-17(11-13)19-2/h3-5,11-12,14-16,18H,6-10H2,1-2H3. The van der Waals surface area contributed by atoms with Crippen molar-refractivity contribution < 1.29 is 9.47 Å². The topological polar surface area (TPSA) is 30.5 Å². The maximum Gasteiger partial charge on any atom is 0.119 e. The third-order valence-electron chi connectivity index (χ3n) is 4.66. The van der Waals surface area contributed by atoms with Gasteiger partial charge in [-0.25, -0.2) is 0 Å². The van der Waals surface area contributed by atoms with Crippen LogP contribution in [-0.4, -0.2) is 31.9 Å². The average Bonchev–Trinajstić information content (AvgIpc) is 2.42. The molecule has 2 aliphatic rings. The minimum atomic E-state index is 0.413. The van der Waals surface area contributed by atoms with Crippen molar-refractivity contribution in [2.24, 2.45) is 0 Å². The van der Waals surface area contributed by atoms with Gasteiger partial charge in [0.15, 0.2) is 0 Å². The highest BCUT2D eigenvalue weighted by molar-refractivity contribution is 5.32. The Hall–Kier alpha value is -1.06. The summed E-state index contributed by atoms with van der Waals surface area (Å²) in [6.45, 7) is 3.08. The predicted octanol–water partition coefficient (Wildman–Crippen LogP) is 3.10. The molecular formula is C17H25NO2. The van der Waals surface area contributed by atoms with E-state index in [4.69, 9.17) is 9.47 Å². The molecule has 1 saturated carbocycles. The normalized spacial score (nSPS) is 33.5. The Balaban J connectivity index is 1.48. The van der Waals surface area contributed by atoms with Gasteiger partial charge >= 0.3 is 0 Å². The van der Waals surface area contributed by atoms with Crippen LogP contribution < -0.4 is 10.1 Å². The van der Waals surface area contributed by atoms with E-state index in [0.717, 1.165) is 25.2 Å². The molecule has 2 unspecified atom stereocenters. The summed E-state index contributed by atoms with van der Waals surface area (Å²) in [4.78, 5) is 0. The van der Waals surface area contributed by atoms with Crippen LogP contribution in [0.15, 0.2) is 24.3 Å². The molecule has 1 N–H and O–H groups in total. The molecule has 3 heteroatoms. The lowest BCUT2D eigenvalue weighted by molar-refractivity contribution is 0.00851. The number of nitrogens with one attached hydrogen (secondary N) is 1. The molecule has 1 aromatic rings. The van der Waals surface area contributed by atoms with Gasteiger partial charge in [0.25, 0.3) is 0 Å². The molecule has 1 heterocycles. The number of benzene rings is 1. The lowest BCUT2D eigenvalue weighted by atomic mass is 9.75. The van der Waals surface area contributed by atoms with E-state index in [-0.39, 0.29) is 0 Å². The first-order valence-electron chi connectivity index (χ1n) is 7.76. The van der Waals surface area contributed by atoms with Gasteiger partial charge in [-0.2, -0.15) is 0 Å². The molecule has 0 radical (unpaired) electrons. The van der Waals surface area contributed by atoms with Crippen molar-refractivity contribution in [1.82, 2.24) is 5.32 Å². The average molecular weight is 275 g/mol. The predicted molar refractivity (Wildman–Crippen MR) is 80.3 cm³/mol. The zero-order chi connectivity index (χ0) is 13.9. The molecule has 1 aliphatic heterocycles. The van der Waals surface area contributed by atoms with E-state index in [0.29, 0.717) is 24.1 Å². The van der Waals surface area contributed by atoms with Crippen molar-refractivity contribution in [2.75, 3.05) is 13.7 Å². The highest BCUT2D eigenvalue weighted by Gasteiger charge is 2.32. The summed E-state index contributed by atoms with van der Waals surface area (Å²) in [5, 5.41) is 3.80. The van der Waals surface area contributed by atoms with Gasteiger partial charge < -0.3 is 14.8 Å². The smallest absolute Gasteiger partial charge is 0.119 e. The van der Waals surface area contributed by atoms with E-state index in [2.05, 4.69) is 30.4 Å². The van der Waals surface area contributed by atoms with Crippen LogP contribution in [0.25, 0.3) is 0 Å². The second kappa shape index (κ2) is 6.15. The molecule has 0 spiro atoms. The summed E-state index contributed by atoms with van der Waals surface area (Å²) in [6, 6.07) is 9.84. The fourth-order valence-electron chi connectivity index (χ4n) is 3.40. The second-order valence-corrected chi connectivity index (χ2v) is 6.21. The van der Waals surface area contributed by atoms with Crippen LogP contribution in [0.3, 0.4) is 0 Å². The Labute approximate surface area is 121 Å². The van der Waals surface area contributed by atoms with Crippen LogP contribution >= 0.6 is 0 Å². The zero-order valence-corrected chi connectivity index (χ0v) is 12.5. The maximum atomic E-state index is 5.60. The van der Waals surface area contributed by atoms with E-state index in [1.165, 1.54) is 18.4 Å². The number of hydrogen-bond acceptors (Lipinski definition) is 3. The molecule has 0 amide bonds. The SMILES string of the molecule is COc1cccc(C2CC(NC3CCOC(C)C3)C2)c1. The van der Waals surface area contributed by atoms with E-state index in [1.807, 2.05) is 6.07 Å². The van der Waals surface area contributed by atoms with Gasteiger partial charge in [-0.05, 0) is 56.2 Å². The van der Waals surface area contributed by atoms with Gasteiger partial charge in [0.05, 0.1) is 13.2 Å². The Morgan fingerprint density at radius 1 is 1.20 bits per heavy atom. The third-order valence-corrected chi connectivity index (χ3v) is 4.66. The van der Waals surface area contributed by atoms with Crippen molar-refractivity contribution in [3.05, 3.63) is 29.8 Å². The zero-order valence-electron chi connectivity index (χ0n) is 12.5. The Kier molecular flexibility index (Phi) is 4.27. The number of rotatable bonds is 4. The van der Waals surface area contributed by atoms with Gasteiger partial charge in [-0.15, -0.1) is 0 Å². The molecule has 1 aliphatic carbocycles. The van der Waals surface area contributed by atoms with Gasteiger partial charge in [0.2, 0.25) is 0 Å². The minimum Gasteiger partial charge on any atom is -0.497 e. The number of methoxy groups -OCH3 is 1. The second-order valence-electron chi connectivity index (χ2n) is 6.21. The fourth-order valence-corrected chi connectivity index (χ4v) is 3.40. The summed E-state index contributed by atoms with van der Waals surface area (Å²) in [5.41, 5.74) is 1.42. The van der Waals surface area contributed by atoms with Crippen molar-refractivity contribution in [3.8, 4) is 5.75 Å². The van der Waals surface area contributed by atoms with Crippen molar-refractivity contribution in [1.29, 1.82) is 0 Å². The largest absolute Gasteiger partial charge is 0.497 e. The van der Waals surface area contributed by atoms with E-state index < -0.39 is 0 Å². The molecule has 3 rings (SSSR count). The highest BCUT2D eigenvalue weighted by atomic mass is 16.5. The number of hydrogen-bond donors (Lipinski definition) is 1. The Bertz CT molecular complexity index is 442. The van der Waals surface area contributed by atoms with E-state index in [9.17, 15) is 0 Å². The van der Waals surface area contributed by atoms with Crippen LogP contribution in [0, 0.1) is 0 Å². The first-order valence-corrected chi connectivity index (χ1v) is 7.76. The summed E-state index contributed by atoms with van der Waals surface area (Å²) < 4.78 is 10.9. The molecule has 2 fully saturated rings. The summed E-state index contributed by atoms with van der Waals surface area (Å²) >= 11 is 0. The van der Waals surface area contributed by atoms with Crippen LogP contribution in [0.4, 0.5) is 0 Å². The van der Waals surface area contributed by atoms with Crippen LogP contribution in [-0.2, 0) is 4.74 Å². The van der Waals surface area contributed by atoms with E-state index in [1.54, 1.807) is 7.11 Å². The van der Waals surface area contributed by atoms with Crippen LogP contribution in [0.2, 0.25) is 0 Å².